The number of nitrogens with zero attached hydrogens (tertiary/aromatic N) is 1. The molecule has 1 aliphatic heterocycles. The highest BCUT2D eigenvalue weighted by Gasteiger charge is 2.28. The van der Waals surface area contributed by atoms with Gasteiger partial charge in [0.15, 0.2) is 11.5 Å². The molecule has 4 rings (SSSR count). The summed E-state index contributed by atoms with van der Waals surface area (Å²) in [6.07, 6.45) is 0. The molecule has 1 aliphatic rings. The van der Waals surface area contributed by atoms with Crippen molar-refractivity contribution in [3.63, 3.8) is 0 Å². The van der Waals surface area contributed by atoms with E-state index in [1.807, 2.05) is 0 Å². The highest BCUT2D eigenvalue weighted by atomic mass is 32.2. The third-order valence-electron chi connectivity index (χ3n) is 5.00. The third kappa shape index (κ3) is 4.96. The molecule has 9 nitrogen and oxygen atoms in total. The molecule has 0 spiro atoms. The first kappa shape index (κ1) is 23.1. The summed E-state index contributed by atoms with van der Waals surface area (Å²) in [5.74, 6) is -0.267. The van der Waals surface area contributed by atoms with Gasteiger partial charge in [-0.1, -0.05) is 24.3 Å². The zero-order chi connectivity index (χ0) is 24.1. The number of fused-ring (bicyclic) bond motifs is 1. The molecule has 0 radical (unpaired) electrons. The molecular weight excluding hydrogens is 460 g/mol. The van der Waals surface area contributed by atoms with Gasteiger partial charge >= 0.3 is 5.97 Å². The van der Waals surface area contributed by atoms with E-state index in [2.05, 4.69) is 5.32 Å². The molecule has 0 aliphatic carbocycles. The van der Waals surface area contributed by atoms with E-state index >= 15 is 0 Å². The molecule has 3 aromatic carbocycles. The lowest BCUT2D eigenvalue weighted by atomic mass is 10.2. The average molecular weight is 483 g/mol. The van der Waals surface area contributed by atoms with Crippen LogP contribution in [0.5, 0.6) is 11.5 Å². The summed E-state index contributed by atoms with van der Waals surface area (Å²) in [5.41, 5.74) is 0.819. The molecule has 0 fully saturated rings. The number of esters is 1. The van der Waals surface area contributed by atoms with Gasteiger partial charge < -0.3 is 19.5 Å². The molecule has 0 bridgehead atoms. The van der Waals surface area contributed by atoms with E-state index in [0.717, 1.165) is 4.31 Å². The first-order valence-electron chi connectivity index (χ1n) is 10.3. The minimum Gasteiger partial charge on any atom is -0.486 e. The number of carbonyl (C=O) groups excluding carboxylic acids is 2. The predicted octanol–water partition coefficient (Wildman–Crippen LogP) is 3.08. The normalized spacial score (nSPS) is 12.5. The number of hydrogen-bond acceptors (Lipinski definition) is 7. The number of ether oxygens (including phenoxy) is 3. The van der Waals surface area contributed by atoms with Crippen LogP contribution in [-0.2, 0) is 19.6 Å². The van der Waals surface area contributed by atoms with Gasteiger partial charge in [-0.3, -0.25) is 9.10 Å². The zero-order valence-electron chi connectivity index (χ0n) is 18.3. The smallest absolute Gasteiger partial charge is 0.337 e. The van der Waals surface area contributed by atoms with Gasteiger partial charge in [-0.2, -0.15) is 0 Å². The van der Waals surface area contributed by atoms with Crippen molar-refractivity contribution < 1.29 is 32.2 Å². The maximum atomic E-state index is 13.5. The van der Waals surface area contributed by atoms with Crippen molar-refractivity contribution in [3.8, 4) is 11.5 Å². The first-order chi connectivity index (χ1) is 16.4. The van der Waals surface area contributed by atoms with Gasteiger partial charge in [0, 0.05) is 11.8 Å². The molecule has 1 heterocycles. The molecule has 10 heteroatoms. The van der Waals surface area contributed by atoms with Crippen LogP contribution in [0.1, 0.15) is 10.4 Å². The molecule has 0 aromatic heterocycles. The molecule has 0 unspecified atom stereocenters. The summed E-state index contributed by atoms with van der Waals surface area (Å²) in [6.45, 7) is 0.212. The van der Waals surface area contributed by atoms with Crippen molar-refractivity contribution in [1.29, 1.82) is 0 Å². The van der Waals surface area contributed by atoms with Crippen LogP contribution in [0.4, 0.5) is 11.4 Å². The molecule has 1 N–H and O–H groups in total. The molecule has 0 saturated heterocycles. The van der Waals surface area contributed by atoms with Crippen molar-refractivity contribution >= 4 is 33.3 Å². The second-order valence-corrected chi connectivity index (χ2v) is 9.14. The fourth-order valence-electron chi connectivity index (χ4n) is 3.39. The summed E-state index contributed by atoms with van der Waals surface area (Å²) in [7, 11) is -2.83. The van der Waals surface area contributed by atoms with Crippen molar-refractivity contribution in [2.45, 2.75) is 4.90 Å². The van der Waals surface area contributed by atoms with Crippen molar-refractivity contribution in [2.75, 3.05) is 36.5 Å². The maximum absolute atomic E-state index is 13.5. The van der Waals surface area contributed by atoms with Crippen LogP contribution in [0.2, 0.25) is 0 Å². The van der Waals surface area contributed by atoms with Crippen molar-refractivity contribution in [1.82, 2.24) is 0 Å². The summed E-state index contributed by atoms with van der Waals surface area (Å²) < 4.78 is 43.8. The Morgan fingerprint density at radius 2 is 1.68 bits per heavy atom. The van der Waals surface area contributed by atoms with Crippen molar-refractivity contribution in [3.05, 3.63) is 78.4 Å². The van der Waals surface area contributed by atoms with Crippen LogP contribution in [-0.4, -0.2) is 47.2 Å². The summed E-state index contributed by atoms with van der Waals surface area (Å²) in [6, 6.07) is 18.7. The fourth-order valence-corrected chi connectivity index (χ4v) is 4.83. The summed E-state index contributed by atoms with van der Waals surface area (Å²) in [4.78, 5) is 24.7. The largest absolute Gasteiger partial charge is 0.486 e. The Balaban J connectivity index is 1.65. The van der Waals surface area contributed by atoms with E-state index in [1.165, 1.54) is 31.4 Å². The molecule has 1 amide bonds. The Morgan fingerprint density at radius 3 is 2.41 bits per heavy atom. The number of nitrogens with one attached hydrogen (secondary N) is 1. The number of rotatable bonds is 7. The van der Waals surface area contributed by atoms with Gasteiger partial charge in [0.05, 0.1) is 23.3 Å². The number of carbonyl (C=O) groups is 2. The predicted molar refractivity (Wildman–Crippen MR) is 125 cm³/mol. The standard InChI is InChI=1S/C24H22N2O7S/c1-31-24(28)17-6-5-7-18(14-17)25-23(27)16-26(34(29,30)20-8-3-2-4-9-20)19-10-11-21-22(15-19)33-13-12-32-21/h2-11,14-15H,12-13,16H2,1H3,(H,25,27). The molecular formula is C24H22N2O7S. The summed E-state index contributed by atoms with van der Waals surface area (Å²) >= 11 is 0. The van der Waals surface area contributed by atoms with Crippen LogP contribution >= 0.6 is 0 Å². The van der Waals surface area contributed by atoms with Crippen LogP contribution in [0, 0.1) is 0 Å². The lowest BCUT2D eigenvalue weighted by molar-refractivity contribution is -0.114. The quantitative estimate of drug-likeness (QED) is 0.515. The fraction of sp³-hybridized carbons (Fsp3) is 0.167. The lowest BCUT2D eigenvalue weighted by Gasteiger charge is -2.26. The van der Waals surface area contributed by atoms with Crippen molar-refractivity contribution in [2.24, 2.45) is 0 Å². The van der Waals surface area contributed by atoms with Crippen LogP contribution in [0.15, 0.2) is 77.7 Å². The second-order valence-electron chi connectivity index (χ2n) is 7.27. The molecule has 176 valence electrons. The van der Waals surface area contributed by atoms with Crippen LogP contribution in [0.3, 0.4) is 0 Å². The number of hydrogen-bond donors (Lipinski definition) is 1. The number of methoxy groups -OCH3 is 1. The number of amides is 1. The number of benzene rings is 3. The maximum Gasteiger partial charge on any atom is 0.337 e. The Bertz CT molecular complexity index is 1310. The second kappa shape index (κ2) is 9.84. The topological polar surface area (TPSA) is 111 Å². The average Bonchev–Trinajstić information content (AvgIpc) is 2.87. The third-order valence-corrected chi connectivity index (χ3v) is 6.79. The Hall–Kier alpha value is -4.05. The van der Waals surface area contributed by atoms with Gasteiger partial charge in [0.1, 0.15) is 19.8 Å². The number of anilines is 2. The van der Waals surface area contributed by atoms with Crippen LogP contribution < -0.4 is 19.1 Å². The lowest BCUT2D eigenvalue weighted by Crippen LogP contribution is -2.38. The molecule has 0 atom stereocenters. The highest BCUT2D eigenvalue weighted by molar-refractivity contribution is 7.92. The SMILES string of the molecule is COC(=O)c1cccc(NC(=O)CN(c2ccc3c(c2)OCCO3)S(=O)(=O)c2ccccc2)c1. The Kier molecular flexibility index (Phi) is 6.69. The van der Waals surface area contributed by atoms with Gasteiger partial charge in [-0.15, -0.1) is 0 Å². The monoisotopic (exact) mass is 482 g/mol. The molecule has 0 saturated carbocycles. The van der Waals surface area contributed by atoms with E-state index in [0.29, 0.717) is 30.4 Å². The Labute approximate surface area is 196 Å². The van der Waals surface area contributed by atoms with Gasteiger partial charge in [-0.05, 0) is 42.5 Å². The van der Waals surface area contributed by atoms with Gasteiger partial charge in [-0.25, -0.2) is 13.2 Å². The Morgan fingerprint density at radius 1 is 0.941 bits per heavy atom. The first-order valence-corrected chi connectivity index (χ1v) is 11.8. The summed E-state index contributed by atoms with van der Waals surface area (Å²) in [5, 5.41) is 2.64. The van der Waals surface area contributed by atoms with E-state index in [9.17, 15) is 18.0 Å². The number of sulfonamides is 1. The van der Waals surface area contributed by atoms with E-state index in [1.54, 1.807) is 48.5 Å². The minimum absolute atomic E-state index is 0.0328. The van der Waals surface area contributed by atoms with E-state index < -0.39 is 28.4 Å². The molecule has 3 aromatic rings. The van der Waals surface area contributed by atoms with Gasteiger partial charge in [0.25, 0.3) is 10.0 Å². The zero-order valence-corrected chi connectivity index (χ0v) is 19.1. The van der Waals surface area contributed by atoms with Crippen LogP contribution in [0.25, 0.3) is 0 Å². The van der Waals surface area contributed by atoms with Gasteiger partial charge in [0.2, 0.25) is 5.91 Å². The molecule has 34 heavy (non-hydrogen) atoms. The van der Waals surface area contributed by atoms with E-state index in [-0.39, 0.29) is 16.1 Å². The minimum atomic E-state index is -4.09. The highest BCUT2D eigenvalue weighted by Crippen LogP contribution is 2.35. The van der Waals surface area contributed by atoms with E-state index in [4.69, 9.17) is 14.2 Å².